The van der Waals surface area contributed by atoms with Crippen molar-refractivity contribution in [2.75, 3.05) is 7.11 Å². The second kappa shape index (κ2) is 9.65. The molecule has 0 radical (unpaired) electrons. The first-order chi connectivity index (χ1) is 16.0. The van der Waals surface area contributed by atoms with Gasteiger partial charge in [0, 0.05) is 16.5 Å². The molecule has 0 spiro atoms. The average Bonchev–Trinajstić information content (AvgIpc) is 2.86. The Hall–Kier alpha value is -3.99. The van der Waals surface area contributed by atoms with E-state index in [-0.39, 0.29) is 5.78 Å². The Balaban J connectivity index is 1.73. The van der Waals surface area contributed by atoms with Gasteiger partial charge in [0.05, 0.1) is 23.9 Å². The Bertz CT molecular complexity index is 1300. The molecule has 0 fully saturated rings. The molecule has 166 valence electrons. The van der Waals surface area contributed by atoms with Crippen molar-refractivity contribution >= 4 is 22.7 Å². The maximum absolute atomic E-state index is 13.3. The molecule has 0 bridgehead atoms. The Morgan fingerprint density at radius 1 is 0.939 bits per heavy atom. The van der Waals surface area contributed by atoms with Crippen LogP contribution in [0.2, 0.25) is 0 Å². The van der Waals surface area contributed by atoms with Gasteiger partial charge in [0.2, 0.25) is 5.78 Å². The van der Waals surface area contributed by atoms with Crippen LogP contribution >= 0.6 is 0 Å². The molecular formula is C28H25NO4. The van der Waals surface area contributed by atoms with E-state index >= 15 is 0 Å². The fourth-order valence-corrected chi connectivity index (χ4v) is 3.72. The van der Waals surface area contributed by atoms with Crippen molar-refractivity contribution in [3.05, 3.63) is 95.6 Å². The normalized spacial score (nSPS) is 11.7. The third-order valence-electron chi connectivity index (χ3n) is 5.54. The molecule has 0 unspecified atom stereocenters. The van der Waals surface area contributed by atoms with Gasteiger partial charge in [-0.3, -0.25) is 4.79 Å². The molecule has 4 aromatic rings. The van der Waals surface area contributed by atoms with E-state index in [1.807, 2.05) is 62.4 Å². The second-order valence-corrected chi connectivity index (χ2v) is 7.84. The summed E-state index contributed by atoms with van der Waals surface area (Å²) in [5.41, 5.74) is 4.08. The number of carbonyl (C=O) groups excluding carboxylic acids is 2. The zero-order valence-corrected chi connectivity index (χ0v) is 18.9. The molecule has 5 heteroatoms. The summed E-state index contributed by atoms with van der Waals surface area (Å²) in [7, 11) is 1.61. The lowest BCUT2D eigenvalue weighted by molar-refractivity contribution is 0.0279. The van der Waals surface area contributed by atoms with Gasteiger partial charge in [-0.25, -0.2) is 9.78 Å². The zero-order chi connectivity index (χ0) is 23.4. The van der Waals surface area contributed by atoms with Crippen LogP contribution in [-0.4, -0.2) is 30.0 Å². The quantitative estimate of drug-likeness (QED) is 0.260. The summed E-state index contributed by atoms with van der Waals surface area (Å²) >= 11 is 0. The number of methoxy groups -OCH3 is 1. The van der Waals surface area contributed by atoms with E-state index in [1.54, 1.807) is 37.4 Å². The Labute approximate surface area is 193 Å². The van der Waals surface area contributed by atoms with Gasteiger partial charge in [-0.05, 0) is 55.8 Å². The third kappa shape index (κ3) is 4.77. The van der Waals surface area contributed by atoms with Gasteiger partial charge in [-0.1, -0.05) is 48.9 Å². The predicted octanol–water partition coefficient (Wildman–Crippen LogP) is 6.04. The first-order valence-electron chi connectivity index (χ1n) is 10.9. The highest BCUT2D eigenvalue weighted by molar-refractivity contribution is 6.07. The van der Waals surface area contributed by atoms with Crippen LogP contribution in [0.4, 0.5) is 0 Å². The summed E-state index contributed by atoms with van der Waals surface area (Å²) in [5, 5.41) is 0.694. The molecule has 0 N–H and O–H groups in total. The number of ether oxygens (including phenoxy) is 2. The van der Waals surface area contributed by atoms with E-state index in [0.717, 1.165) is 16.9 Å². The van der Waals surface area contributed by atoms with Gasteiger partial charge in [0.1, 0.15) is 5.75 Å². The number of nitrogens with zero attached hydrogens (tertiary/aromatic N) is 1. The standard InChI is InChI=1S/C28H25NO4/c1-4-26(27(30)20-8-6-5-7-9-20)33-28(31)23-17-25(19-11-13-21(32-3)14-12-19)29-24-15-10-18(2)16-22(23)24/h5-17,26H,4H2,1-3H3/t26-/m1/s1. The van der Waals surface area contributed by atoms with Crippen molar-refractivity contribution in [2.24, 2.45) is 0 Å². The highest BCUT2D eigenvalue weighted by atomic mass is 16.5. The van der Waals surface area contributed by atoms with E-state index in [9.17, 15) is 9.59 Å². The van der Waals surface area contributed by atoms with Gasteiger partial charge in [-0.2, -0.15) is 0 Å². The molecule has 0 aliphatic rings. The molecule has 1 heterocycles. The number of rotatable bonds is 7. The number of pyridine rings is 1. The zero-order valence-electron chi connectivity index (χ0n) is 18.9. The molecule has 33 heavy (non-hydrogen) atoms. The number of carbonyl (C=O) groups is 2. The van der Waals surface area contributed by atoms with Crippen LogP contribution < -0.4 is 4.74 Å². The van der Waals surface area contributed by atoms with Crippen molar-refractivity contribution in [1.82, 2.24) is 4.98 Å². The molecular weight excluding hydrogens is 414 g/mol. The highest BCUT2D eigenvalue weighted by Crippen LogP contribution is 2.28. The summed E-state index contributed by atoms with van der Waals surface area (Å²) < 4.78 is 11.0. The molecule has 3 aromatic carbocycles. The average molecular weight is 440 g/mol. The Kier molecular flexibility index (Phi) is 6.50. The van der Waals surface area contributed by atoms with E-state index < -0.39 is 12.1 Å². The SMILES string of the molecule is CC[C@@H](OC(=O)c1cc(-c2ccc(OC)cc2)nc2ccc(C)cc12)C(=O)c1ccccc1. The summed E-state index contributed by atoms with van der Waals surface area (Å²) in [4.78, 5) is 31.0. The Morgan fingerprint density at radius 3 is 2.33 bits per heavy atom. The largest absolute Gasteiger partial charge is 0.497 e. The van der Waals surface area contributed by atoms with E-state index in [0.29, 0.717) is 34.1 Å². The number of hydrogen-bond acceptors (Lipinski definition) is 5. The summed E-state index contributed by atoms with van der Waals surface area (Å²) in [5.74, 6) is -0.0183. The monoisotopic (exact) mass is 439 g/mol. The fourth-order valence-electron chi connectivity index (χ4n) is 3.72. The first-order valence-corrected chi connectivity index (χ1v) is 10.9. The van der Waals surface area contributed by atoms with Gasteiger partial charge < -0.3 is 9.47 Å². The number of ketones is 1. The van der Waals surface area contributed by atoms with Crippen LogP contribution in [0.1, 0.15) is 39.6 Å². The number of benzene rings is 3. The van der Waals surface area contributed by atoms with Gasteiger partial charge in [-0.15, -0.1) is 0 Å². The van der Waals surface area contributed by atoms with Crippen LogP contribution in [-0.2, 0) is 4.74 Å². The molecule has 0 aliphatic carbocycles. The second-order valence-electron chi connectivity index (χ2n) is 7.84. The van der Waals surface area contributed by atoms with Crippen molar-refractivity contribution in [2.45, 2.75) is 26.4 Å². The summed E-state index contributed by atoms with van der Waals surface area (Å²) in [6, 6.07) is 23.9. The van der Waals surface area contributed by atoms with Crippen molar-refractivity contribution in [3.63, 3.8) is 0 Å². The topological polar surface area (TPSA) is 65.5 Å². The maximum Gasteiger partial charge on any atom is 0.339 e. The van der Waals surface area contributed by atoms with Crippen LogP contribution in [0.25, 0.3) is 22.2 Å². The van der Waals surface area contributed by atoms with Crippen LogP contribution in [0.15, 0.2) is 78.9 Å². The van der Waals surface area contributed by atoms with Crippen molar-refractivity contribution in [3.8, 4) is 17.0 Å². The lowest BCUT2D eigenvalue weighted by atomic mass is 10.0. The van der Waals surface area contributed by atoms with Crippen LogP contribution in [0.5, 0.6) is 5.75 Å². The van der Waals surface area contributed by atoms with E-state index in [4.69, 9.17) is 14.5 Å². The minimum Gasteiger partial charge on any atom is -0.497 e. The third-order valence-corrected chi connectivity index (χ3v) is 5.54. The molecule has 1 atom stereocenters. The minimum atomic E-state index is -0.864. The van der Waals surface area contributed by atoms with E-state index in [1.165, 1.54) is 0 Å². The highest BCUT2D eigenvalue weighted by Gasteiger charge is 2.25. The van der Waals surface area contributed by atoms with Crippen LogP contribution in [0.3, 0.4) is 0 Å². The Morgan fingerprint density at radius 2 is 1.67 bits per heavy atom. The number of hydrogen-bond donors (Lipinski definition) is 0. The molecule has 1 aromatic heterocycles. The first kappa shape index (κ1) is 22.2. The minimum absolute atomic E-state index is 0.212. The van der Waals surface area contributed by atoms with Gasteiger partial charge >= 0.3 is 5.97 Å². The molecule has 0 saturated carbocycles. The van der Waals surface area contributed by atoms with Crippen molar-refractivity contribution in [1.29, 1.82) is 0 Å². The number of aryl methyl sites for hydroxylation is 1. The maximum atomic E-state index is 13.3. The number of esters is 1. The molecule has 5 nitrogen and oxygen atoms in total. The van der Waals surface area contributed by atoms with Crippen molar-refractivity contribution < 1.29 is 19.1 Å². The van der Waals surface area contributed by atoms with E-state index in [2.05, 4.69) is 0 Å². The molecule has 0 saturated heterocycles. The number of fused-ring (bicyclic) bond motifs is 1. The predicted molar refractivity (Wildman–Crippen MR) is 129 cm³/mol. The molecule has 0 amide bonds. The molecule has 4 rings (SSSR count). The van der Waals surface area contributed by atoms with Gasteiger partial charge in [0.25, 0.3) is 0 Å². The fraction of sp³-hybridized carbons (Fsp3) is 0.179. The smallest absolute Gasteiger partial charge is 0.339 e. The summed E-state index contributed by atoms with van der Waals surface area (Å²) in [6.45, 7) is 3.79. The number of Topliss-reactive ketones (excluding diaryl/α,β-unsaturated/α-hetero) is 1. The summed E-state index contributed by atoms with van der Waals surface area (Å²) in [6.07, 6.45) is -0.482. The number of aromatic nitrogens is 1. The molecule has 0 aliphatic heterocycles. The lowest BCUT2D eigenvalue weighted by Crippen LogP contribution is -2.27. The van der Waals surface area contributed by atoms with Crippen LogP contribution in [0, 0.1) is 6.92 Å². The lowest BCUT2D eigenvalue weighted by Gasteiger charge is -2.17. The van der Waals surface area contributed by atoms with Gasteiger partial charge in [0.15, 0.2) is 6.10 Å².